The van der Waals surface area contributed by atoms with Gasteiger partial charge in [0, 0.05) is 0 Å². The maximum atomic E-state index is 12.6. The van der Waals surface area contributed by atoms with E-state index < -0.39 is 25.6 Å². The lowest BCUT2D eigenvalue weighted by Crippen LogP contribution is -2.61. The number of nitriles is 2. The van der Waals surface area contributed by atoms with E-state index in [0.29, 0.717) is 19.0 Å². The molecule has 4 aromatic carbocycles. The average Bonchev–Trinajstić information content (AvgIpc) is 2.97. The van der Waals surface area contributed by atoms with E-state index in [4.69, 9.17) is 10.5 Å². The first kappa shape index (κ1) is 29.5. The van der Waals surface area contributed by atoms with Crippen molar-refractivity contribution in [3.63, 3.8) is 0 Å². The standard InChI is InChI=1S/C24H20P.C5H3BF5N2O/c1-5-13-21(14-6-1)25(22-15-7-2-8-16-22,23-17-9-3-10-18-23)24-19-11-4-12-20-24;1-14-6(2-12,3-13)4(7,8)5(9,10)11/h1-20H;1H3/q+1;-1. The first-order chi connectivity index (χ1) is 18.6. The quantitative estimate of drug-likeness (QED) is 0.174. The second-order valence-corrected chi connectivity index (χ2v) is 11.8. The van der Waals surface area contributed by atoms with Crippen molar-refractivity contribution in [3.05, 3.63) is 121 Å². The van der Waals surface area contributed by atoms with E-state index in [-0.39, 0.29) is 0 Å². The van der Waals surface area contributed by atoms with E-state index in [1.165, 1.54) is 21.2 Å². The van der Waals surface area contributed by atoms with Crippen LogP contribution >= 0.6 is 7.26 Å². The van der Waals surface area contributed by atoms with Gasteiger partial charge in [-0.25, -0.2) is 19.3 Å². The predicted molar refractivity (Wildman–Crippen MR) is 146 cm³/mol. The molecule has 4 rings (SSSR count). The summed E-state index contributed by atoms with van der Waals surface area (Å²) in [4.78, 5) is 0. The molecule has 0 bridgehead atoms. The third-order valence-electron chi connectivity index (χ3n) is 6.18. The van der Waals surface area contributed by atoms with Gasteiger partial charge in [-0.3, -0.25) is 0 Å². The maximum Gasteiger partial charge on any atom is 0.422 e. The summed E-state index contributed by atoms with van der Waals surface area (Å²) in [6.07, 6.45) is -10.5. The normalized spacial score (nSPS) is 11.9. The maximum absolute atomic E-state index is 12.6. The molecule has 0 atom stereocenters. The van der Waals surface area contributed by atoms with Gasteiger partial charge in [0.05, 0.1) is 0 Å². The Morgan fingerprint density at radius 3 is 0.974 bits per heavy atom. The molecule has 0 saturated heterocycles. The SMILES string of the molecule is CO[B-](C#N)(C#N)C(F)(F)C(F)(F)F.c1ccc([P+](c2ccccc2)(c2ccccc2)c2ccccc2)cc1. The molecule has 0 radical (unpaired) electrons. The Morgan fingerprint density at radius 2 is 0.821 bits per heavy atom. The van der Waals surface area contributed by atoms with Gasteiger partial charge in [-0.15, -0.1) is 0 Å². The summed E-state index contributed by atoms with van der Waals surface area (Å²) in [5.41, 5.74) is 0. The largest absolute Gasteiger partial charge is 0.567 e. The molecule has 0 aliphatic rings. The first-order valence-electron chi connectivity index (χ1n) is 11.7. The summed E-state index contributed by atoms with van der Waals surface area (Å²) in [7, 11) is -1.46. The second-order valence-electron chi connectivity index (χ2n) is 8.41. The summed E-state index contributed by atoms with van der Waals surface area (Å²) in [6.45, 7) is 0. The van der Waals surface area contributed by atoms with Gasteiger partial charge in [-0.2, -0.15) is 13.2 Å². The lowest BCUT2D eigenvalue weighted by atomic mass is 9.37. The van der Waals surface area contributed by atoms with Gasteiger partial charge in [0.15, 0.2) is 0 Å². The van der Waals surface area contributed by atoms with Crippen LogP contribution in [0.1, 0.15) is 0 Å². The highest BCUT2D eigenvalue weighted by atomic mass is 31.2. The molecule has 0 heterocycles. The molecule has 0 aliphatic heterocycles. The Kier molecular flexibility index (Phi) is 9.25. The number of nitrogens with zero attached hydrogens (tertiary/aromatic N) is 2. The topological polar surface area (TPSA) is 56.8 Å². The molecule has 0 aromatic heterocycles. The molecule has 3 nitrogen and oxygen atoms in total. The third kappa shape index (κ3) is 5.57. The van der Waals surface area contributed by atoms with Gasteiger partial charge < -0.3 is 4.65 Å². The summed E-state index contributed by atoms with van der Waals surface area (Å²) >= 11 is 0. The average molecular weight is 552 g/mol. The van der Waals surface area contributed by atoms with Crippen LogP contribution in [0, 0.1) is 22.5 Å². The van der Waals surface area contributed by atoms with E-state index >= 15 is 0 Å². The van der Waals surface area contributed by atoms with Crippen LogP contribution < -0.4 is 21.2 Å². The van der Waals surface area contributed by atoms with Crippen molar-refractivity contribution in [2.75, 3.05) is 7.11 Å². The zero-order valence-corrected chi connectivity index (χ0v) is 21.7. The molecule has 0 aliphatic carbocycles. The zero-order valence-electron chi connectivity index (χ0n) is 20.8. The van der Waals surface area contributed by atoms with Crippen LogP contribution in [0.3, 0.4) is 0 Å². The number of halogens is 5. The van der Waals surface area contributed by atoms with Crippen LogP contribution in [0.4, 0.5) is 22.0 Å². The highest BCUT2D eigenvalue weighted by Crippen LogP contribution is 2.54. The Labute approximate surface area is 224 Å². The highest BCUT2D eigenvalue weighted by molar-refractivity contribution is 8.01. The summed E-state index contributed by atoms with van der Waals surface area (Å²) in [5, 5.41) is 21.8. The number of hydrogen-bond acceptors (Lipinski definition) is 3. The minimum atomic E-state index is -5.99. The van der Waals surface area contributed by atoms with Crippen LogP contribution in [-0.4, -0.2) is 25.5 Å². The molecule has 39 heavy (non-hydrogen) atoms. The first-order valence-corrected chi connectivity index (χ1v) is 13.5. The van der Waals surface area contributed by atoms with E-state index in [1.54, 1.807) is 0 Å². The van der Waals surface area contributed by atoms with Crippen molar-refractivity contribution in [3.8, 4) is 11.9 Å². The molecule has 0 fully saturated rings. The fraction of sp³-hybridized carbons (Fsp3) is 0.103. The number of benzene rings is 4. The van der Waals surface area contributed by atoms with Gasteiger partial charge in [-0.1, -0.05) is 84.7 Å². The van der Waals surface area contributed by atoms with E-state index in [9.17, 15) is 22.0 Å². The smallest absolute Gasteiger partial charge is 0.422 e. The lowest BCUT2D eigenvalue weighted by molar-refractivity contribution is -0.250. The number of hydrogen-bond donors (Lipinski definition) is 0. The molecule has 10 heteroatoms. The van der Waals surface area contributed by atoms with Crippen molar-refractivity contribution in [2.45, 2.75) is 12.0 Å². The Balaban J connectivity index is 0.000000258. The van der Waals surface area contributed by atoms with E-state index in [0.717, 1.165) is 0 Å². The van der Waals surface area contributed by atoms with Gasteiger partial charge in [0.1, 0.15) is 28.5 Å². The minimum Gasteiger partial charge on any atom is -0.567 e. The van der Waals surface area contributed by atoms with Gasteiger partial charge in [0.25, 0.3) is 5.82 Å². The fourth-order valence-electron chi connectivity index (χ4n) is 4.18. The van der Waals surface area contributed by atoms with Crippen molar-refractivity contribution < 1.29 is 26.6 Å². The highest BCUT2D eigenvalue weighted by Gasteiger charge is 2.67. The van der Waals surface area contributed by atoms with Crippen molar-refractivity contribution in [1.29, 1.82) is 10.5 Å². The molecule has 0 spiro atoms. The Hall–Kier alpha value is -4.04. The minimum absolute atomic E-state index is 0.450. The van der Waals surface area contributed by atoms with Crippen LogP contribution in [0.15, 0.2) is 121 Å². The summed E-state index contributed by atoms with van der Waals surface area (Å²) in [5.74, 6) is -4.34. The van der Waals surface area contributed by atoms with Crippen LogP contribution in [0.25, 0.3) is 0 Å². The van der Waals surface area contributed by atoms with Gasteiger partial charge in [0.2, 0.25) is 0 Å². The van der Waals surface area contributed by atoms with Crippen molar-refractivity contribution in [1.82, 2.24) is 0 Å². The molecule has 0 unspecified atom stereocenters. The molecule has 0 N–H and O–H groups in total. The monoisotopic (exact) mass is 552 g/mol. The van der Waals surface area contributed by atoms with Crippen LogP contribution in [0.5, 0.6) is 0 Å². The van der Waals surface area contributed by atoms with Crippen molar-refractivity contribution in [2.24, 2.45) is 0 Å². The Bertz CT molecular complexity index is 1250. The number of rotatable bonds is 6. The van der Waals surface area contributed by atoms with E-state index in [2.05, 4.69) is 126 Å². The van der Waals surface area contributed by atoms with E-state index in [1.807, 2.05) is 0 Å². The van der Waals surface area contributed by atoms with Crippen LogP contribution in [-0.2, 0) is 4.65 Å². The predicted octanol–water partition coefficient (Wildman–Crippen LogP) is 5.75. The number of alkyl halides is 5. The molecule has 0 amide bonds. The van der Waals surface area contributed by atoms with Crippen molar-refractivity contribution >= 4 is 34.8 Å². The second kappa shape index (κ2) is 12.2. The van der Waals surface area contributed by atoms with Gasteiger partial charge in [-0.05, 0) is 55.6 Å². The molecule has 0 saturated carbocycles. The summed E-state index contributed by atoms with van der Waals surface area (Å²) in [6, 6.07) is 43.8. The summed E-state index contributed by atoms with van der Waals surface area (Å²) < 4.78 is 64.2. The third-order valence-corrected chi connectivity index (χ3v) is 10.5. The molecule has 198 valence electrons. The molecule has 4 aromatic rings. The molecular formula is C29H23BF5N2OP. The fourth-order valence-corrected chi connectivity index (χ4v) is 8.44. The zero-order chi connectivity index (χ0) is 28.6. The lowest BCUT2D eigenvalue weighted by Gasteiger charge is -2.35. The Morgan fingerprint density at radius 1 is 0.564 bits per heavy atom. The molecular weight excluding hydrogens is 529 g/mol. The van der Waals surface area contributed by atoms with Gasteiger partial charge >= 0.3 is 12.5 Å². The van der Waals surface area contributed by atoms with Crippen LogP contribution in [0.2, 0.25) is 0 Å².